The van der Waals surface area contributed by atoms with Gasteiger partial charge in [-0.15, -0.1) is 0 Å². The van der Waals surface area contributed by atoms with Crippen LogP contribution >= 0.6 is 0 Å². The standard InChI is InChI=1S/C24H26O5/c1-14-11-15(2)21-18(12-14)20(26)23(28-19(25)13-24(3,4)5)22(29-21)16-7-9-17(27-6)10-8-16/h7-12H,13H2,1-6H3. The molecular weight excluding hydrogens is 368 g/mol. The smallest absolute Gasteiger partial charge is 0.311 e. The number of fused-ring (bicyclic) bond motifs is 1. The first kappa shape index (κ1) is 20.6. The van der Waals surface area contributed by atoms with Crippen LogP contribution in [0.2, 0.25) is 0 Å². The molecule has 3 rings (SSSR count). The van der Waals surface area contributed by atoms with Crippen LogP contribution in [0.25, 0.3) is 22.3 Å². The molecular formula is C24H26O5. The minimum Gasteiger partial charge on any atom is -0.497 e. The van der Waals surface area contributed by atoms with E-state index in [2.05, 4.69) is 0 Å². The van der Waals surface area contributed by atoms with Crippen molar-refractivity contribution in [3.63, 3.8) is 0 Å². The van der Waals surface area contributed by atoms with Gasteiger partial charge in [0, 0.05) is 5.56 Å². The van der Waals surface area contributed by atoms with Crippen LogP contribution in [0.4, 0.5) is 0 Å². The number of benzene rings is 2. The Morgan fingerprint density at radius 3 is 2.31 bits per heavy atom. The van der Waals surface area contributed by atoms with E-state index >= 15 is 0 Å². The largest absolute Gasteiger partial charge is 0.497 e. The van der Waals surface area contributed by atoms with Gasteiger partial charge in [0.1, 0.15) is 11.3 Å². The van der Waals surface area contributed by atoms with Crippen LogP contribution < -0.4 is 14.9 Å². The molecule has 3 aromatic rings. The third-order valence-electron chi connectivity index (χ3n) is 4.52. The van der Waals surface area contributed by atoms with Gasteiger partial charge in [-0.1, -0.05) is 26.8 Å². The van der Waals surface area contributed by atoms with Crippen molar-refractivity contribution < 1.29 is 18.7 Å². The number of carbonyl (C=O) groups is 1. The highest BCUT2D eigenvalue weighted by Crippen LogP contribution is 2.34. The fraction of sp³-hybridized carbons (Fsp3) is 0.333. The zero-order valence-corrected chi connectivity index (χ0v) is 17.7. The Hall–Kier alpha value is -3.08. The third kappa shape index (κ3) is 4.50. The first-order chi connectivity index (χ1) is 13.6. The fourth-order valence-corrected chi connectivity index (χ4v) is 3.24. The van der Waals surface area contributed by atoms with E-state index in [1.807, 2.05) is 40.7 Å². The molecule has 1 heterocycles. The van der Waals surface area contributed by atoms with E-state index in [1.165, 1.54) is 0 Å². The summed E-state index contributed by atoms with van der Waals surface area (Å²) >= 11 is 0. The molecule has 0 spiro atoms. The molecule has 0 saturated heterocycles. The topological polar surface area (TPSA) is 65.7 Å². The average molecular weight is 394 g/mol. The Morgan fingerprint density at radius 1 is 1.07 bits per heavy atom. The Bertz CT molecular complexity index is 1120. The van der Waals surface area contributed by atoms with Crippen LogP contribution in [0.3, 0.4) is 0 Å². The van der Waals surface area contributed by atoms with E-state index < -0.39 is 5.97 Å². The lowest BCUT2D eigenvalue weighted by Gasteiger charge is -2.17. The van der Waals surface area contributed by atoms with E-state index in [1.54, 1.807) is 37.4 Å². The molecule has 1 aromatic heterocycles. The summed E-state index contributed by atoms with van der Waals surface area (Å²) in [6.45, 7) is 9.62. The van der Waals surface area contributed by atoms with Crippen LogP contribution in [0.5, 0.6) is 11.5 Å². The number of hydrogen-bond donors (Lipinski definition) is 0. The van der Waals surface area contributed by atoms with Gasteiger partial charge in [0.25, 0.3) is 0 Å². The third-order valence-corrected chi connectivity index (χ3v) is 4.52. The zero-order chi connectivity index (χ0) is 21.3. The predicted octanol–water partition coefficient (Wildman–Crippen LogP) is 5.43. The molecule has 0 aliphatic rings. The van der Waals surface area contributed by atoms with Crippen molar-refractivity contribution >= 4 is 16.9 Å². The van der Waals surface area contributed by atoms with Crippen LogP contribution in [0.15, 0.2) is 45.6 Å². The van der Waals surface area contributed by atoms with Gasteiger partial charge in [-0.25, -0.2) is 0 Å². The second-order valence-corrected chi connectivity index (χ2v) is 8.49. The molecule has 29 heavy (non-hydrogen) atoms. The van der Waals surface area contributed by atoms with E-state index in [4.69, 9.17) is 13.9 Å². The van der Waals surface area contributed by atoms with Crippen LogP contribution in [0.1, 0.15) is 38.3 Å². The van der Waals surface area contributed by atoms with E-state index in [0.717, 1.165) is 11.1 Å². The number of aryl methyl sites for hydroxylation is 2. The van der Waals surface area contributed by atoms with Crippen molar-refractivity contribution in [2.45, 2.75) is 41.0 Å². The second-order valence-electron chi connectivity index (χ2n) is 8.49. The van der Waals surface area contributed by atoms with Gasteiger partial charge in [0.2, 0.25) is 11.2 Å². The van der Waals surface area contributed by atoms with E-state index in [0.29, 0.717) is 22.3 Å². The summed E-state index contributed by atoms with van der Waals surface area (Å²) in [5.74, 6) is 0.361. The molecule has 0 unspecified atom stereocenters. The lowest BCUT2D eigenvalue weighted by Crippen LogP contribution is -2.21. The average Bonchev–Trinajstić information content (AvgIpc) is 2.63. The zero-order valence-electron chi connectivity index (χ0n) is 17.7. The lowest BCUT2D eigenvalue weighted by molar-refractivity contribution is -0.136. The summed E-state index contributed by atoms with van der Waals surface area (Å²) in [4.78, 5) is 25.8. The minimum absolute atomic E-state index is 0.0816. The molecule has 2 aromatic carbocycles. The first-order valence-corrected chi connectivity index (χ1v) is 9.52. The van der Waals surface area contributed by atoms with Gasteiger partial charge in [-0.3, -0.25) is 9.59 Å². The molecule has 5 nitrogen and oxygen atoms in total. The number of ether oxygens (including phenoxy) is 2. The monoisotopic (exact) mass is 394 g/mol. The van der Waals surface area contributed by atoms with Gasteiger partial charge in [-0.2, -0.15) is 0 Å². The van der Waals surface area contributed by atoms with Gasteiger partial charge in [-0.05, 0) is 60.7 Å². The van der Waals surface area contributed by atoms with Crippen molar-refractivity contribution in [2.75, 3.05) is 7.11 Å². The van der Waals surface area contributed by atoms with Crippen LogP contribution in [-0.2, 0) is 4.79 Å². The Morgan fingerprint density at radius 2 is 1.72 bits per heavy atom. The Balaban J connectivity index is 2.23. The quantitative estimate of drug-likeness (QED) is 0.552. The number of esters is 1. The van der Waals surface area contributed by atoms with E-state index in [9.17, 15) is 9.59 Å². The van der Waals surface area contributed by atoms with Crippen molar-refractivity contribution in [3.8, 4) is 22.8 Å². The summed E-state index contributed by atoms with van der Waals surface area (Å²) in [6.07, 6.45) is 0.180. The Kier molecular flexibility index (Phi) is 5.51. The molecule has 0 radical (unpaired) electrons. The minimum atomic E-state index is -0.469. The summed E-state index contributed by atoms with van der Waals surface area (Å²) in [7, 11) is 1.58. The summed E-state index contributed by atoms with van der Waals surface area (Å²) < 4.78 is 16.9. The van der Waals surface area contributed by atoms with Crippen molar-refractivity contribution in [1.82, 2.24) is 0 Å². The van der Waals surface area contributed by atoms with Crippen LogP contribution in [0, 0.1) is 19.3 Å². The maximum Gasteiger partial charge on any atom is 0.311 e. The highest BCUT2D eigenvalue weighted by Gasteiger charge is 2.24. The summed E-state index contributed by atoms with van der Waals surface area (Å²) in [5, 5.41) is 0.401. The van der Waals surface area contributed by atoms with Crippen molar-refractivity contribution in [1.29, 1.82) is 0 Å². The van der Waals surface area contributed by atoms with E-state index in [-0.39, 0.29) is 28.8 Å². The number of methoxy groups -OCH3 is 1. The number of carbonyl (C=O) groups excluding carboxylic acids is 1. The molecule has 0 atom stereocenters. The SMILES string of the molecule is COc1ccc(-c2oc3c(C)cc(C)cc3c(=O)c2OC(=O)CC(C)(C)C)cc1. The van der Waals surface area contributed by atoms with Gasteiger partial charge < -0.3 is 13.9 Å². The molecule has 0 fully saturated rings. The molecule has 0 N–H and O–H groups in total. The molecule has 0 bridgehead atoms. The second kappa shape index (κ2) is 7.74. The van der Waals surface area contributed by atoms with Crippen LogP contribution in [-0.4, -0.2) is 13.1 Å². The van der Waals surface area contributed by atoms with Gasteiger partial charge >= 0.3 is 5.97 Å². The lowest BCUT2D eigenvalue weighted by atomic mass is 9.92. The predicted molar refractivity (Wildman–Crippen MR) is 114 cm³/mol. The maximum atomic E-state index is 13.3. The maximum absolute atomic E-state index is 13.3. The molecule has 152 valence electrons. The highest BCUT2D eigenvalue weighted by atomic mass is 16.5. The molecule has 5 heteroatoms. The normalized spacial score (nSPS) is 11.5. The molecule has 0 aliphatic heterocycles. The molecule has 0 aliphatic carbocycles. The van der Waals surface area contributed by atoms with Crippen molar-refractivity contribution in [3.05, 3.63) is 57.7 Å². The molecule has 0 amide bonds. The first-order valence-electron chi connectivity index (χ1n) is 9.52. The van der Waals surface area contributed by atoms with Gasteiger partial charge in [0.05, 0.1) is 18.9 Å². The number of hydrogen-bond acceptors (Lipinski definition) is 5. The Labute approximate surface area is 170 Å². The fourth-order valence-electron chi connectivity index (χ4n) is 3.24. The molecule has 0 saturated carbocycles. The number of rotatable bonds is 4. The highest BCUT2D eigenvalue weighted by molar-refractivity contribution is 5.86. The summed E-state index contributed by atoms with van der Waals surface area (Å²) in [6, 6.07) is 10.8. The summed E-state index contributed by atoms with van der Waals surface area (Å²) in [5.41, 5.74) is 2.28. The van der Waals surface area contributed by atoms with Gasteiger partial charge in [0.15, 0.2) is 5.76 Å². The van der Waals surface area contributed by atoms with Crippen molar-refractivity contribution in [2.24, 2.45) is 5.41 Å².